The van der Waals surface area contributed by atoms with Crippen LogP contribution in [-0.2, 0) is 28.7 Å². The van der Waals surface area contributed by atoms with Crippen molar-refractivity contribution in [3.8, 4) is 22.3 Å². The molecule has 4 fully saturated rings. The fraction of sp³-hybridized carbons (Fsp3) is 0.593. The van der Waals surface area contributed by atoms with Gasteiger partial charge in [-0.1, -0.05) is 70.9 Å². The summed E-state index contributed by atoms with van der Waals surface area (Å²) >= 11 is 0. The maximum atomic E-state index is 12.8. The second-order valence-electron chi connectivity index (χ2n) is 18.7. The van der Waals surface area contributed by atoms with E-state index in [9.17, 15) is 14.4 Å². The molecule has 4 unspecified atom stereocenters. The fourth-order valence-electron chi connectivity index (χ4n) is 11.4. The van der Waals surface area contributed by atoms with Crippen molar-refractivity contribution >= 4 is 36.1 Å². The molecule has 0 aromatic heterocycles. The minimum absolute atomic E-state index is 0.0150. The SMILES string of the molecule is CCC.CCC.CNCC(=O)N1CCC[C@H]1CNc1ccc(-c2ccc(-c3ccc(NC[C@@H]4CCCN4C(=O)CNC=O)cc3)c3c2C2CCC3C2)c2c1C1CCC2C1.COC.COC=O. The summed E-state index contributed by atoms with van der Waals surface area (Å²) in [7, 11) is 6.41. The van der Waals surface area contributed by atoms with Crippen molar-refractivity contribution in [2.24, 2.45) is 0 Å². The van der Waals surface area contributed by atoms with E-state index in [0.717, 1.165) is 51.0 Å². The number of benzene rings is 3. The highest BCUT2D eigenvalue weighted by Gasteiger charge is 2.44. The van der Waals surface area contributed by atoms with Crippen LogP contribution in [-0.4, -0.2) is 114 Å². The fourth-order valence-corrected chi connectivity index (χ4v) is 11.4. The van der Waals surface area contributed by atoms with Crippen LogP contribution in [0, 0.1) is 0 Å². The lowest BCUT2D eigenvalue weighted by Gasteiger charge is -2.29. The predicted molar refractivity (Wildman–Crippen MR) is 268 cm³/mol. The van der Waals surface area contributed by atoms with Crippen molar-refractivity contribution in [1.82, 2.24) is 20.4 Å². The second kappa shape index (κ2) is 26.4. The number of hydrogen-bond donors (Lipinski definition) is 4. The summed E-state index contributed by atoms with van der Waals surface area (Å²) in [6.07, 6.45) is 14.9. The number of rotatable bonds is 14. The van der Waals surface area contributed by atoms with E-state index in [1.54, 1.807) is 36.5 Å². The Kier molecular flexibility index (Phi) is 20.8. The summed E-state index contributed by atoms with van der Waals surface area (Å²) < 4.78 is 8.11. The van der Waals surface area contributed by atoms with E-state index < -0.39 is 0 Å². The van der Waals surface area contributed by atoms with Crippen LogP contribution in [0.2, 0.25) is 0 Å². The van der Waals surface area contributed by atoms with E-state index >= 15 is 0 Å². The highest BCUT2D eigenvalue weighted by molar-refractivity contribution is 5.85. The molecule has 6 aliphatic rings. The predicted octanol–water partition coefficient (Wildman–Crippen LogP) is 9.41. The Hall–Kier alpha value is -4.94. The molecule has 3 aromatic rings. The Bertz CT molecular complexity index is 2020. The number of nitrogens with zero attached hydrogens (tertiary/aromatic N) is 2. The molecule has 2 aliphatic heterocycles. The molecule has 2 heterocycles. The van der Waals surface area contributed by atoms with Crippen LogP contribution in [0.1, 0.15) is 151 Å². The number of anilines is 2. The molecule has 0 spiro atoms. The van der Waals surface area contributed by atoms with Crippen molar-refractivity contribution in [1.29, 1.82) is 0 Å². The molecule has 9 rings (SSSR count). The lowest BCUT2D eigenvalue weighted by atomic mass is 9.78. The van der Waals surface area contributed by atoms with Crippen LogP contribution in [0.5, 0.6) is 0 Å². The van der Waals surface area contributed by atoms with Crippen molar-refractivity contribution in [3.63, 3.8) is 0 Å². The Morgan fingerprint density at radius 1 is 0.621 bits per heavy atom. The van der Waals surface area contributed by atoms with Crippen molar-refractivity contribution < 1.29 is 28.7 Å². The number of carbonyl (C=O) groups is 4. The van der Waals surface area contributed by atoms with Crippen molar-refractivity contribution in [3.05, 3.63) is 70.8 Å². The number of ether oxygens (including phenoxy) is 2. The highest BCUT2D eigenvalue weighted by Crippen LogP contribution is 2.62. The van der Waals surface area contributed by atoms with Gasteiger partial charge in [0, 0.05) is 63.9 Å². The first-order valence-corrected chi connectivity index (χ1v) is 24.9. The quantitative estimate of drug-likeness (QED) is 0.117. The van der Waals surface area contributed by atoms with Crippen LogP contribution in [0.15, 0.2) is 48.5 Å². The van der Waals surface area contributed by atoms with Gasteiger partial charge >= 0.3 is 0 Å². The van der Waals surface area contributed by atoms with Gasteiger partial charge in [0.25, 0.3) is 6.47 Å². The molecule has 362 valence electrons. The van der Waals surface area contributed by atoms with E-state index in [0.29, 0.717) is 49.6 Å². The Labute approximate surface area is 395 Å². The summed E-state index contributed by atoms with van der Waals surface area (Å²) in [6, 6.07) is 19.0. The molecule has 12 heteroatoms. The molecule has 4 N–H and O–H groups in total. The summed E-state index contributed by atoms with van der Waals surface area (Å²) in [5, 5.41) is 13.0. The van der Waals surface area contributed by atoms with E-state index in [2.05, 4.69) is 112 Å². The number of fused-ring (bicyclic) bond motifs is 10. The molecule has 3 aromatic carbocycles. The monoisotopic (exact) mass is 909 g/mol. The number of methoxy groups -OCH3 is 2. The molecule has 0 radical (unpaired) electrons. The second-order valence-corrected chi connectivity index (χ2v) is 18.7. The van der Waals surface area contributed by atoms with Gasteiger partial charge in [-0.2, -0.15) is 0 Å². The molecule has 12 nitrogen and oxygen atoms in total. The third-order valence-corrected chi connectivity index (χ3v) is 13.8. The average molecular weight is 909 g/mol. The molecule has 4 aliphatic carbocycles. The number of likely N-dealkylation sites (N-methyl/N-ethyl adjacent to an activating group) is 1. The number of nitrogens with one attached hydrogen (secondary N) is 4. The van der Waals surface area contributed by atoms with Crippen molar-refractivity contribution in [2.45, 2.75) is 141 Å². The molecule has 2 saturated heterocycles. The summed E-state index contributed by atoms with van der Waals surface area (Å²) in [5.74, 6) is 2.74. The van der Waals surface area contributed by atoms with Crippen LogP contribution in [0.25, 0.3) is 22.3 Å². The van der Waals surface area contributed by atoms with Crippen LogP contribution in [0.4, 0.5) is 11.4 Å². The third kappa shape index (κ3) is 12.3. The Morgan fingerprint density at radius 2 is 1.06 bits per heavy atom. The normalized spacial score (nSPS) is 22.2. The molecule has 2 saturated carbocycles. The molecule has 6 atom stereocenters. The van der Waals surface area contributed by atoms with Crippen molar-refractivity contribution in [2.75, 3.05) is 78.3 Å². The van der Waals surface area contributed by atoms with Crippen LogP contribution < -0.4 is 21.3 Å². The van der Waals surface area contributed by atoms with E-state index in [1.807, 2.05) is 11.9 Å². The van der Waals surface area contributed by atoms with Gasteiger partial charge in [0.15, 0.2) is 0 Å². The zero-order valence-corrected chi connectivity index (χ0v) is 41.3. The van der Waals surface area contributed by atoms with Crippen LogP contribution >= 0.6 is 0 Å². The van der Waals surface area contributed by atoms with E-state index in [4.69, 9.17) is 4.79 Å². The van der Waals surface area contributed by atoms with Gasteiger partial charge in [0.05, 0.1) is 20.2 Å². The third-order valence-electron chi connectivity index (χ3n) is 13.8. The molecular weight excluding hydrogens is 829 g/mol. The van der Waals surface area contributed by atoms with Gasteiger partial charge < -0.3 is 40.5 Å². The average Bonchev–Trinajstić information content (AvgIpc) is 4.21. The minimum Gasteiger partial charge on any atom is -0.471 e. The van der Waals surface area contributed by atoms with Gasteiger partial charge in [0.1, 0.15) is 0 Å². The maximum absolute atomic E-state index is 12.8. The molecule has 3 amide bonds. The van der Waals surface area contributed by atoms with E-state index in [1.165, 1.54) is 86.4 Å². The number of likely N-dealkylation sites (tertiary alicyclic amines) is 2. The van der Waals surface area contributed by atoms with Gasteiger partial charge in [-0.15, -0.1) is 0 Å². The summed E-state index contributed by atoms with van der Waals surface area (Å²) in [4.78, 5) is 49.0. The standard InChI is InChI=1S/C44H54N6O3.2C3H8.C2H4O2.C2H6O/c1-45-24-39(52)49-18-3-5-34(49)23-48-38-17-16-37(43-30-8-9-31(21-30)44(38)43)36-15-14-35(41-28-6-7-29(20-28)42(36)41)27-10-12-32(13-11-27)47-22-33-4-2-19-50(33)40(53)25-46-26-51;2*1-3-2;1-4-2-3;1-3-2/h10-17,26,28-31,33-34,45,47-48H,2-9,18-25H2,1H3,(H,46,51);2*3H2,1-2H3;2H,1H3;1-2H3/t28?,29?,30?,31?,33-,34-;;;;/m0..../s1. The van der Waals surface area contributed by atoms with Gasteiger partial charge in [-0.25, -0.2) is 0 Å². The Balaban J connectivity index is 0.000000564. The number of carbonyl (C=O) groups excluding carboxylic acids is 4. The summed E-state index contributed by atoms with van der Waals surface area (Å²) in [6.45, 7) is 12.5. The number of hydrogen-bond acceptors (Lipinski definition) is 9. The highest BCUT2D eigenvalue weighted by atomic mass is 16.5. The van der Waals surface area contributed by atoms with Crippen LogP contribution in [0.3, 0.4) is 0 Å². The van der Waals surface area contributed by atoms with Gasteiger partial charge in [-0.3, -0.25) is 19.2 Å². The first kappa shape index (κ1) is 52.0. The maximum Gasteiger partial charge on any atom is 0.292 e. The smallest absolute Gasteiger partial charge is 0.292 e. The zero-order valence-electron chi connectivity index (χ0n) is 41.3. The first-order chi connectivity index (χ1) is 32.2. The lowest BCUT2D eigenvalue weighted by molar-refractivity contribution is -0.132. The topological polar surface area (TPSA) is 141 Å². The molecular formula is C54H80N6O6. The first-order valence-electron chi connectivity index (χ1n) is 24.9. The molecule has 4 bridgehead atoms. The Morgan fingerprint density at radius 3 is 1.56 bits per heavy atom. The molecule has 66 heavy (non-hydrogen) atoms. The minimum atomic E-state index is -0.0150. The lowest BCUT2D eigenvalue weighted by Crippen LogP contribution is -2.43. The zero-order chi connectivity index (χ0) is 47.6. The van der Waals surface area contributed by atoms with Gasteiger partial charge in [-0.05, 0) is 158 Å². The summed E-state index contributed by atoms with van der Waals surface area (Å²) in [5.41, 5.74) is 14.4. The van der Waals surface area contributed by atoms with Gasteiger partial charge in [0.2, 0.25) is 18.2 Å². The largest absolute Gasteiger partial charge is 0.471 e. The van der Waals surface area contributed by atoms with E-state index in [-0.39, 0.29) is 30.4 Å². The number of amides is 3.